The fourth-order valence-electron chi connectivity index (χ4n) is 4.26. The van der Waals surface area contributed by atoms with Crippen LogP contribution in [0.1, 0.15) is 43.2 Å². The zero-order chi connectivity index (χ0) is 18.3. The predicted octanol–water partition coefficient (Wildman–Crippen LogP) is 6.58. The summed E-state index contributed by atoms with van der Waals surface area (Å²) in [6.07, 6.45) is -5.62. The first-order valence-electron chi connectivity index (χ1n) is 8.22. The van der Waals surface area contributed by atoms with E-state index in [1.807, 2.05) is 18.2 Å². The number of rotatable bonds is 4. The number of hydrogen-bond acceptors (Lipinski definition) is 0. The molecule has 1 aromatic carbocycles. The first kappa shape index (κ1) is 18.1. The van der Waals surface area contributed by atoms with Crippen molar-refractivity contribution in [3.63, 3.8) is 0 Å². The van der Waals surface area contributed by atoms with E-state index in [1.165, 1.54) is 0 Å². The van der Waals surface area contributed by atoms with E-state index in [2.05, 4.69) is 0 Å². The third kappa shape index (κ3) is 3.62. The largest absolute Gasteiger partial charge is 0.389 e. The van der Waals surface area contributed by atoms with Gasteiger partial charge in [0.1, 0.15) is 0 Å². The van der Waals surface area contributed by atoms with Gasteiger partial charge in [0.2, 0.25) is 0 Å². The molecule has 6 heteroatoms. The molecule has 2 aliphatic carbocycles. The molecule has 136 valence electrons. The lowest BCUT2D eigenvalue weighted by Crippen LogP contribution is -2.35. The van der Waals surface area contributed by atoms with Gasteiger partial charge in [-0.05, 0) is 41.9 Å². The number of allylic oxidation sites excluding steroid dienone is 4. The molecule has 0 saturated carbocycles. The second kappa shape index (κ2) is 6.22. The third-order valence-electron chi connectivity index (χ3n) is 5.31. The van der Waals surface area contributed by atoms with E-state index in [-0.39, 0.29) is 18.8 Å². The molecular formula is C19H18F6. The van der Waals surface area contributed by atoms with E-state index in [9.17, 15) is 26.3 Å². The van der Waals surface area contributed by atoms with Gasteiger partial charge in [-0.1, -0.05) is 42.5 Å². The van der Waals surface area contributed by atoms with E-state index >= 15 is 0 Å². The summed E-state index contributed by atoms with van der Waals surface area (Å²) in [5.41, 5.74) is 1.16. The van der Waals surface area contributed by atoms with E-state index in [4.69, 9.17) is 0 Å². The van der Waals surface area contributed by atoms with Crippen LogP contribution < -0.4 is 0 Å². The van der Waals surface area contributed by atoms with Crippen LogP contribution in [0, 0.1) is 5.92 Å². The molecule has 0 bridgehead atoms. The lowest BCUT2D eigenvalue weighted by atomic mass is 9.66. The first-order valence-corrected chi connectivity index (χ1v) is 8.22. The minimum absolute atomic E-state index is 0.320. The molecule has 0 nitrogen and oxygen atoms in total. The molecular weight excluding hydrogens is 342 g/mol. The molecule has 0 heterocycles. The number of halogens is 6. The molecule has 0 radical (unpaired) electrons. The SMILES string of the molecule is FC(F)(F)CCC1(CCC(F)(F)F)c2ccccc2C2=CC=CCC21. The van der Waals surface area contributed by atoms with Crippen molar-refractivity contribution in [2.45, 2.75) is 49.9 Å². The molecule has 0 saturated heterocycles. The Morgan fingerprint density at radius 3 is 2.12 bits per heavy atom. The summed E-state index contributed by atoms with van der Waals surface area (Å²) in [6, 6.07) is 6.97. The summed E-state index contributed by atoms with van der Waals surface area (Å²) < 4.78 is 77.4. The van der Waals surface area contributed by atoms with Gasteiger partial charge in [-0.25, -0.2) is 0 Å². The fourth-order valence-corrected chi connectivity index (χ4v) is 4.26. The maximum Gasteiger partial charge on any atom is 0.389 e. The lowest BCUT2D eigenvalue weighted by Gasteiger charge is -2.38. The molecule has 0 aliphatic heterocycles. The summed E-state index contributed by atoms with van der Waals surface area (Å²) in [6.45, 7) is 0. The Labute approximate surface area is 142 Å². The van der Waals surface area contributed by atoms with Gasteiger partial charge in [0.15, 0.2) is 0 Å². The van der Waals surface area contributed by atoms with E-state index in [0.717, 1.165) is 11.1 Å². The molecule has 0 fully saturated rings. The highest BCUT2D eigenvalue weighted by molar-refractivity contribution is 5.79. The van der Waals surface area contributed by atoms with Gasteiger partial charge in [-0.15, -0.1) is 0 Å². The maximum absolute atomic E-state index is 12.9. The maximum atomic E-state index is 12.9. The highest BCUT2D eigenvalue weighted by Crippen LogP contribution is 2.58. The van der Waals surface area contributed by atoms with Crippen LogP contribution in [0.4, 0.5) is 26.3 Å². The van der Waals surface area contributed by atoms with Crippen LogP contribution in [-0.2, 0) is 5.41 Å². The zero-order valence-corrected chi connectivity index (χ0v) is 13.4. The van der Waals surface area contributed by atoms with Crippen LogP contribution in [0.15, 0.2) is 42.5 Å². The molecule has 1 atom stereocenters. The number of hydrogen-bond donors (Lipinski definition) is 0. The Balaban J connectivity index is 2.05. The average Bonchev–Trinajstić information content (AvgIpc) is 2.81. The molecule has 0 amide bonds. The molecule has 0 aromatic heterocycles. The summed E-state index contributed by atoms with van der Waals surface area (Å²) in [5.74, 6) is -0.334. The third-order valence-corrected chi connectivity index (χ3v) is 5.31. The van der Waals surface area contributed by atoms with Crippen LogP contribution in [-0.4, -0.2) is 12.4 Å². The quantitative estimate of drug-likeness (QED) is 0.532. The highest BCUT2D eigenvalue weighted by atomic mass is 19.4. The van der Waals surface area contributed by atoms with E-state index < -0.39 is 30.6 Å². The Hall–Kier alpha value is -1.72. The molecule has 2 aliphatic rings. The second-order valence-corrected chi connectivity index (χ2v) is 6.77. The minimum atomic E-state index is -4.39. The van der Waals surface area contributed by atoms with Crippen LogP contribution in [0.2, 0.25) is 0 Å². The van der Waals surface area contributed by atoms with Gasteiger partial charge in [0, 0.05) is 18.3 Å². The van der Waals surface area contributed by atoms with Gasteiger partial charge >= 0.3 is 12.4 Å². The smallest absolute Gasteiger partial charge is 0.171 e. The van der Waals surface area contributed by atoms with Gasteiger partial charge in [0.05, 0.1) is 0 Å². The highest BCUT2D eigenvalue weighted by Gasteiger charge is 2.51. The zero-order valence-electron chi connectivity index (χ0n) is 13.4. The van der Waals surface area contributed by atoms with Crippen molar-refractivity contribution in [1.82, 2.24) is 0 Å². The van der Waals surface area contributed by atoms with Crippen molar-refractivity contribution in [2.75, 3.05) is 0 Å². The Bertz CT molecular complexity index is 675. The van der Waals surface area contributed by atoms with Crippen molar-refractivity contribution < 1.29 is 26.3 Å². The van der Waals surface area contributed by atoms with Crippen molar-refractivity contribution in [3.8, 4) is 0 Å². The standard InChI is InChI=1S/C19H18F6/c20-18(21,22)11-9-17(10-12-19(23,24)25)15-7-3-1-5-13(15)14-6-2-4-8-16(14)17/h1-7,16H,8-12H2. The molecule has 0 N–H and O–H groups in total. The number of alkyl halides is 6. The second-order valence-electron chi connectivity index (χ2n) is 6.77. The molecule has 25 heavy (non-hydrogen) atoms. The summed E-state index contributed by atoms with van der Waals surface area (Å²) in [7, 11) is 0. The van der Waals surface area contributed by atoms with Crippen molar-refractivity contribution >= 4 is 5.57 Å². The van der Waals surface area contributed by atoms with Gasteiger partial charge in [0.25, 0.3) is 0 Å². The van der Waals surface area contributed by atoms with Crippen molar-refractivity contribution in [3.05, 3.63) is 53.6 Å². The monoisotopic (exact) mass is 360 g/mol. The summed E-state index contributed by atoms with van der Waals surface area (Å²) >= 11 is 0. The summed E-state index contributed by atoms with van der Waals surface area (Å²) in [4.78, 5) is 0. The van der Waals surface area contributed by atoms with Crippen LogP contribution in [0.5, 0.6) is 0 Å². The Kier molecular flexibility index (Phi) is 4.50. The minimum Gasteiger partial charge on any atom is -0.171 e. The van der Waals surface area contributed by atoms with Crippen LogP contribution >= 0.6 is 0 Å². The fraction of sp³-hybridized carbons (Fsp3) is 0.474. The van der Waals surface area contributed by atoms with Gasteiger partial charge < -0.3 is 0 Å². The molecule has 1 aromatic rings. The summed E-state index contributed by atoms with van der Waals surface area (Å²) in [5, 5.41) is 0. The topological polar surface area (TPSA) is 0 Å². The molecule has 3 rings (SSSR count). The van der Waals surface area contributed by atoms with E-state index in [0.29, 0.717) is 12.0 Å². The number of benzene rings is 1. The predicted molar refractivity (Wildman–Crippen MR) is 83.9 cm³/mol. The van der Waals surface area contributed by atoms with Crippen LogP contribution in [0.3, 0.4) is 0 Å². The molecule has 1 unspecified atom stereocenters. The number of fused-ring (bicyclic) bond motifs is 3. The van der Waals surface area contributed by atoms with Crippen molar-refractivity contribution in [1.29, 1.82) is 0 Å². The Morgan fingerprint density at radius 1 is 0.920 bits per heavy atom. The molecule has 0 spiro atoms. The first-order chi connectivity index (χ1) is 11.6. The van der Waals surface area contributed by atoms with Gasteiger partial charge in [-0.3, -0.25) is 0 Å². The average molecular weight is 360 g/mol. The normalized spacial score (nSPS) is 21.7. The van der Waals surface area contributed by atoms with Gasteiger partial charge in [-0.2, -0.15) is 26.3 Å². The Morgan fingerprint density at radius 2 is 1.52 bits per heavy atom. The van der Waals surface area contributed by atoms with E-state index in [1.54, 1.807) is 24.3 Å². The lowest BCUT2D eigenvalue weighted by molar-refractivity contribution is -0.146. The van der Waals surface area contributed by atoms with Crippen LogP contribution in [0.25, 0.3) is 5.57 Å². The van der Waals surface area contributed by atoms with Crippen molar-refractivity contribution in [2.24, 2.45) is 5.92 Å².